The second kappa shape index (κ2) is 14.6. The number of hydrogen-bond donors (Lipinski definition) is 3. The molecule has 0 spiro atoms. The van der Waals surface area contributed by atoms with Crippen molar-refractivity contribution in [2.45, 2.75) is 25.3 Å². The number of aliphatic carboxylic acids is 2. The zero-order chi connectivity index (χ0) is 12.3. The molecule has 0 saturated heterocycles. The number of carbonyl (C=O) groups is 2. The van der Waals surface area contributed by atoms with E-state index in [-0.39, 0.29) is 29.6 Å². The normalized spacial score (nSPS) is 10.4. The second-order valence-electron chi connectivity index (χ2n) is 2.79. The van der Waals surface area contributed by atoms with Gasteiger partial charge in [-0.25, -0.2) is 0 Å². The third-order valence-electron chi connectivity index (χ3n) is 1.44. The molecule has 0 radical (unpaired) electrons. The van der Waals surface area contributed by atoms with Crippen molar-refractivity contribution in [3.8, 4) is 0 Å². The van der Waals surface area contributed by atoms with Crippen LogP contribution in [0.2, 0.25) is 0 Å². The van der Waals surface area contributed by atoms with Crippen LogP contribution in [0.15, 0.2) is 0 Å². The van der Waals surface area contributed by atoms with Crippen LogP contribution in [-0.4, -0.2) is 54.1 Å². The zero-order valence-electron chi connectivity index (χ0n) is 9.19. The van der Waals surface area contributed by atoms with Crippen molar-refractivity contribution >= 4 is 35.0 Å². The Morgan fingerprint density at radius 2 is 1.56 bits per heavy atom. The molecule has 0 saturated carbocycles. The summed E-state index contributed by atoms with van der Waals surface area (Å²) in [5.41, 5.74) is 14.9. The molecule has 0 aromatic heterocycles. The van der Waals surface area contributed by atoms with Crippen LogP contribution in [0.4, 0.5) is 0 Å². The Hall–Kier alpha value is -0.414. The molecular formula is C8H17MgN3O4. The molecule has 0 aliphatic heterocycles. The molecule has 0 aliphatic rings. The van der Waals surface area contributed by atoms with Crippen LogP contribution in [0.5, 0.6) is 0 Å². The van der Waals surface area contributed by atoms with Gasteiger partial charge in [-0.15, -0.1) is 0 Å². The summed E-state index contributed by atoms with van der Waals surface area (Å²) in [6.07, 6.45) is 2.03. The average Bonchev–Trinajstić information content (AvgIpc) is 2.18. The Morgan fingerprint density at radius 1 is 1.12 bits per heavy atom. The van der Waals surface area contributed by atoms with Gasteiger partial charge < -0.3 is 37.0 Å². The largest absolute Gasteiger partial charge is 2.00 e. The van der Waals surface area contributed by atoms with Gasteiger partial charge in [0.2, 0.25) is 0 Å². The molecule has 0 heterocycles. The van der Waals surface area contributed by atoms with E-state index in [1.165, 1.54) is 0 Å². The third-order valence-corrected chi connectivity index (χ3v) is 1.44. The smallest absolute Gasteiger partial charge is 0.549 e. The molecule has 0 rings (SSSR count). The molecule has 0 bridgehead atoms. The maximum absolute atomic E-state index is 10.0. The van der Waals surface area contributed by atoms with Crippen LogP contribution in [0.3, 0.4) is 0 Å². The van der Waals surface area contributed by atoms with Gasteiger partial charge in [-0.3, -0.25) is 0 Å². The summed E-state index contributed by atoms with van der Waals surface area (Å²) in [5.74, 6) is -2.40. The monoisotopic (exact) mass is 243 g/mol. The summed E-state index contributed by atoms with van der Waals surface area (Å²) in [5, 5.41) is 19.2. The molecule has 0 fully saturated rings. The first-order valence-corrected chi connectivity index (χ1v) is 4.52. The van der Waals surface area contributed by atoms with E-state index < -0.39 is 18.0 Å². The molecule has 7 nitrogen and oxygen atoms in total. The fraction of sp³-hybridized carbons (Fsp3) is 0.750. The van der Waals surface area contributed by atoms with Gasteiger partial charge in [-0.05, 0) is 19.4 Å². The third kappa shape index (κ3) is 19.2. The van der Waals surface area contributed by atoms with Gasteiger partial charge in [-0.2, -0.15) is 0 Å². The van der Waals surface area contributed by atoms with Gasteiger partial charge in [0.15, 0.2) is 0 Å². The maximum Gasteiger partial charge on any atom is 2.00 e. The van der Waals surface area contributed by atoms with Gasteiger partial charge in [0.05, 0.1) is 11.9 Å². The molecule has 0 aromatic rings. The van der Waals surface area contributed by atoms with E-state index in [1.807, 2.05) is 0 Å². The van der Waals surface area contributed by atoms with Crippen molar-refractivity contribution in [3.63, 3.8) is 0 Å². The zero-order valence-corrected chi connectivity index (χ0v) is 10.6. The van der Waals surface area contributed by atoms with Crippen molar-refractivity contribution in [2.24, 2.45) is 17.2 Å². The van der Waals surface area contributed by atoms with Gasteiger partial charge in [0.25, 0.3) is 0 Å². The SMILES string of the molecule is NCC(=O)[O-].NCCCCC(N)C(=O)[O-].[Mg+2]. The minimum Gasteiger partial charge on any atom is -0.549 e. The van der Waals surface area contributed by atoms with Gasteiger partial charge >= 0.3 is 23.1 Å². The molecule has 16 heavy (non-hydrogen) atoms. The summed E-state index contributed by atoms with van der Waals surface area (Å²) in [6.45, 7) is 0.194. The van der Waals surface area contributed by atoms with Crippen LogP contribution < -0.4 is 27.4 Å². The maximum atomic E-state index is 10.0. The van der Waals surface area contributed by atoms with Crippen molar-refractivity contribution in [2.75, 3.05) is 13.1 Å². The molecule has 8 heteroatoms. The van der Waals surface area contributed by atoms with Crippen LogP contribution in [0.25, 0.3) is 0 Å². The number of carboxylic acids is 2. The number of hydrogen-bond acceptors (Lipinski definition) is 7. The Labute approximate surface area is 111 Å². The predicted molar refractivity (Wildman–Crippen MR) is 55.7 cm³/mol. The molecule has 6 N–H and O–H groups in total. The second-order valence-corrected chi connectivity index (χ2v) is 2.79. The number of carbonyl (C=O) groups excluding carboxylic acids is 2. The Kier molecular flexibility index (Phi) is 19.1. The number of rotatable bonds is 6. The van der Waals surface area contributed by atoms with E-state index in [2.05, 4.69) is 5.73 Å². The van der Waals surface area contributed by atoms with Gasteiger partial charge in [0, 0.05) is 12.6 Å². The Morgan fingerprint density at radius 3 is 1.81 bits per heavy atom. The molecular weight excluding hydrogens is 226 g/mol. The number of nitrogens with two attached hydrogens (primary N) is 3. The minimum absolute atomic E-state index is 0. The van der Waals surface area contributed by atoms with E-state index in [1.54, 1.807) is 0 Å². The molecule has 1 atom stereocenters. The van der Waals surface area contributed by atoms with Crippen molar-refractivity contribution in [1.82, 2.24) is 0 Å². The number of carboxylic acid groups (broad SMARTS) is 2. The standard InChI is InChI=1S/C6H14N2O2.C2H5NO2.Mg/c7-4-2-1-3-5(8)6(9)10;3-1-2(4)5;/h5H,1-4,7-8H2,(H,9,10);1,3H2,(H,4,5);/q;;+2/p-2. The average molecular weight is 244 g/mol. The Balaban J connectivity index is -0.000000242. The van der Waals surface area contributed by atoms with Gasteiger partial charge in [-0.1, -0.05) is 6.42 Å². The summed E-state index contributed by atoms with van der Waals surface area (Å²) >= 11 is 0. The van der Waals surface area contributed by atoms with Crippen molar-refractivity contribution < 1.29 is 19.8 Å². The molecule has 90 valence electrons. The summed E-state index contributed by atoms with van der Waals surface area (Å²) in [7, 11) is 0. The molecule has 0 amide bonds. The fourth-order valence-corrected chi connectivity index (χ4v) is 0.626. The summed E-state index contributed by atoms with van der Waals surface area (Å²) < 4.78 is 0. The molecule has 0 aromatic carbocycles. The van der Waals surface area contributed by atoms with Gasteiger partial charge in [0.1, 0.15) is 0 Å². The van der Waals surface area contributed by atoms with Crippen molar-refractivity contribution in [1.29, 1.82) is 0 Å². The quantitative estimate of drug-likeness (QED) is 0.313. The fourth-order valence-electron chi connectivity index (χ4n) is 0.626. The summed E-state index contributed by atoms with van der Waals surface area (Å²) in [4.78, 5) is 19.2. The van der Waals surface area contributed by atoms with E-state index >= 15 is 0 Å². The first-order valence-electron chi connectivity index (χ1n) is 4.52. The van der Waals surface area contributed by atoms with Crippen LogP contribution >= 0.6 is 0 Å². The summed E-state index contributed by atoms with van der Waals surface area (Å²) in [6, 6.07) is -0.827. The number of unbranched alkanes of at least 4 members (excludes halogenated alkanes) is 1. The van der Waals surface area contributed by atoms with Crippen LogP contribution in [-0.2, 0) is 9.59 Å². The van der Waals surface area contributed by atoms with E-state index in [0.717, 1.165) is 12.8 Å². The van der Waals surface area contributed by atoms with Crippen LogP contribution in [0, 0.1) is 0 Å². The first kappa shape index (κ1) is 20.9. The van der Waals surface area contributed by atoms with E-state index in [9.17, 15) is 9.90 Å². The molecule has 0 aliphatic carbocycles. The van der Waals surface area contributed by atoms with E-state index in [0.29, 0.717) is 13.0 Å². The first-order chi connectivity index (χ1) is 6.95. The minimum atomic E-state index is -1.22. The Bertz CT molecular complexity index is 192. The topological polar surface area (TPSA) is 158 Å². The van der Waals surface area contributed by atoms with Crippen LogP contribution in [0.1, 0.15) is 19.3 Å². The molecule has 1 unspecified atom stereocenters. The van der Waals surface area contributed by atoms with E-state index in [4.69, 9.17) is 21.4 Å². The predicted octanol–water partition coefficient (Wildman–Crippen LogP) is -4.49. The van der Waals surface area contributed by atoms with Crippen molar-refractivity contribution in [3.05, 3.63) is 0 Å².